The highest BCUT2D eigenvalue weighted by Gasteiger charge is 2.06. The van der Waals surface area contributed by atoms with Crippen LogP contribution in [0.15, 0.2) is 24.3 Å². The van der Waals surface area contributed by atoms with Crippen molar-refractivity contribution in [2.24, 2.45) is 0 Å². The first kappa shape index (κ1) is 12.1. The summed E-state index contributed by atoms with van der Waals surface area (Å²) in [6.07, 6.45) is 2.60. The van der Waals surface area contributed by atoms with E-state index < -0.39 is 11.8 Å². The topological polar surface area (TPSA) is 43.4 Å². The smallest absolute Gasteiger partial charge is 0.330 e. The number of esters is 1. The average Bonchev–Trinajstić information content (AvgIpc) is 2.26. The molecule has 0 heterocycles. The van der Waals surface area contributed by atoms with E-state index in [-0.39, 0.29) is 11.3 Å². The monoisotopic (exact) mass is 222 g/mol. The maximum Gasteiger partial charge on any atom is 0.330 e. The molecule has 84 valence electrons. The molecule has 0 saturated heterocycles. The predicted molar refractivity (Wildman–Crippen MR) is 57.5 cm³/mol. The van der Waals surface area contributed by atoms with E-state index in [1.54, 1.807) is 0 Å². The molecular formula is C12H11FO3. The van der Waals surface area contributed by atoms with Gasteiger partial charge in [0.25, 0.3) is 0 Å². The van der Waals surface area contributed by atoms with Crippen molar-refractivity contribution in [3.8, 4) is 0 Å². The van der Waals surface area contributed by atoms with Crippen LogP contribution in [0, 0.1) is 5.82 Å². The third kappa shape index (κ3) is 3.02. The van der Waals surface area contributed by atoms with Gasteiger partial charge in [0.15, 0.2) is 5.78 Å². The van der Waals surface area contributed by atoms with E-state index in [4.69, 9.17) is 0 Å². The molecule has 0 aromatic heterocycles. The van der Waals surface area contributed by atoms with Crippen LogP contribution in [-0.4, -0.2) is 18.9 Å². The van der Waals surface area contributed by atoms with Gasteiger partial charge in [0.05, 0.1) is 7.11 Å². The van der Waals surface area contributed by atoms with E-state index in [0.29, 0.717) is 5.56 Å². The summed E-state index contributed by atoms with van der Waals surface area (Å²) in [6, 6.07) is 3.80. The third-order valence-electron chi connectivity index (χ3n) is 1.99. The van der Waals surface area contributed by atoms with E-state index in [9.17, 15) is 14.0 Å². The Morgan fingerprint density at radius 3 is 2.62 bits per heavy atom. The fourth-order valence-corrected chi connectivity index (χ4v) is 1.20. The number of carbonyl (C=O) groups is 2. The molecule has 0 atom stereocenters. The summed E-state index contributed by atoms with van der Waals surface area (Å²) < 4.78 is 17.3. The van der Waals surface area contributed by atoms with E-state index in [1.165, 1.54) is 38.3 Å². The zero-order valence-electron chi connectivity index (χ0n) is 8.99. The van der Waals surface area contributed by atoms with Gasteiger partial charge in [0.1, 0.15) is 5.82 Å². The Hall–Kier alpha value is -1.97. The molecule has 0 saturated carbocycles. The molecule has 3 nitrogen and oxygen atoms in total. The molecule has 4 heteroatoms. The van der Waals surface area contributed by atoms with Crippen LogP contribution in [0.1, 0.15) is 22.8 Å². The number of rotatable bonds is 3. The van der Waals surface area contributed by atoms with E-state index in [1.807, 2.05) is 0 Å². The molecule has 0 aliphatic heterocycles. The summed E-state index contributed by atoms with van der Waals surface area (Å²) in [5.74, 6) is -1.27. The Morgan fingerprint density at radius 2 is 2.06 bits per heavy atom. The van der Waals surface area contributed by atoms with Crippen LogP contribution in [-0.2, 0) is 9.53 Å². The van der Waals surface area contributed by atoms with Gasteiger partial charge in [-0.05, 0) is 30.7 Å². The molecule has 16 heavy (non-hydrogen) atoms. The molecule has 0 amide bonds. The second kappa shape index (κ2) is 5.21. The van der Waals surface area contributed by atoms with Gasteiger partial charge in [-0.25, -0.2) is 9.18 Å². The van der Waals surface area contributed by atoms with Gasteiger partial charge in [-0.2, -0.15) is 0 Å². The predicted octanol–water partition coefficient (Wildman–Crippen LogP) is 2.21. The van der Waals surface area contributed by atoms with Crippen molar-refractivity contribution in [1.82, 2.24) is 0 Å². The number of ether oxygens (including phenoxy) is 1. The Balaban J connectivity index is 3.09. The molecule has 0 N–H and O–H groups in total. The lowest BCUT2D eigenvalue weighted by atomic mass is 10.0. The highest BCUT2D eigenvalue weighted by molar-refractivity contribution is 5.99. The van der Waals surface area contributed by atoms with Gasteiger partial charge >= 0.3 is 5.97 Å². The van der Waals surface area contributed by atoms with Crippen molar-refractivity contribution in [3.63, 3.8) is 0 Å². The van der Waals surface area contributed by atoms with E-state index in [0.717, 1.165) is 6.07 Å². The molecule has 1 rings (SSSR count). The summed E-state index contributed by atoms with van der Waals surface area (Å²) in [5.41, 5.74) is 0.722. The second-order valence-corrected chi connectivity index (χ2v) is 3.14. The number of hydrogen-bond donors (Lipinski definition) is 0. The number of Topliss-reactive ketones (excluding diaryl/α,β-unsaturated/α-hetero) is 1. The normalized spacial score (nSPS) is 10.4. The largest absolute Gasteiger partial charge is 0.466 e. The molecule has 0 radical (unpaired) electrons. The van der Waals surface area contributed by atoms with Gasteiger partial charge in [0.2, 0.25) is 0 Å². The molecule has 0 aliphatic carbocycles. The van der Waals surface area contributed by atoms with Crippen molar-refractivity contribution in [1.29, 1.82) is 0 Å². The van der Waals surface area contributed by atoms with Crippen LogP contribution < -0.4 is 0 Å². The summed E-state index contributed by atoms with van der Waals surface area (Å²) >= 11 is 0. The zero-order chi connectivity index (χ0) is 12.1. The Bertz CT molecular complexity index is 450. The maximum absolute atomic E-state index is 12.9. The fourth-order valence-electron chi connectivity index (χ4n) is 1.20. The molecule has 0 fully saturated rings. The highest BCUT2D eigenvalue weighted by atomic mass is 19.1. The van der Waals surface area contributed by atoms with Crippen LogP contribution in [0.4, 0.5) is 4.39 Å². The van der Waals surface area contributed by atoms with Gasteiger partial charge in [-0.3, -0.25) is 4.79 Å². The lowest BCUT2D eigenvalue weighted by Crippen LogP contribution is -1.98. The molecule has 0 spiro atoms. The first-order valence-electron chi connectivity index (χ1n) is 4.61. The second-order valence-electron chi connectivity index (χ2n) is 3.14. The molecule has 1 aromatic carbocycles. The van der Waals surface area contributed by atoms with Gasteiger partial charge < -0.3 is 4.74 Å². The Morgan fingerprint density at radius 1 is 1.38 bits per heavy atom. The van der Waals surface area contributed by atoms with Crippen LogP contribution in [0.2, 0.25) is 0 Å². The minimum absolute atomic E-state index is 0.236. The summed E-state index contributed by atoms with van der Waals surface area (Å²) in [6.45, 7) is 1.34. The van der Waals surface area contributed by atoms with Gasteiger partial charge in [0, 0.05) is 11.6 Å². The lowest BCUT2D eigenvalue weighted by molar-refractivity contribution is -0.134. The fraction of sp³-hybridized carbons (Fsp3) is 0.167. The van der Waals surface area contributed by atoms with Crippen LogP contribution >= 0.6 is 0 Å². The standard InChI is InChI=1S/C12H11FO3/c1-8(14)11-7-10(13)5-3-9(11)4-6-12(15)16-2/h3-7H,1-2H3. The van der Waals surface area contributed by atoms with Gasteiger partial charge in [-0.1, -0.05) is 6.07 Å². The van der Waals surface area contributed by atoms with Gasteiger partial charge in [-0.15, -0.1) is 0 Å². The Labute approximate surface area is 92.5 Å². The van der Waals surface area contributed by atoms with E-state index in [2.05, 4.69) is 4.74 Å². The Kier molecular flexibility index (Phi) is 3.94. The number of hydrogen-bond acceptors (Lipinski definition) is 3. The first-order chi connectivity index (χ1) is 7.54. The summed E-state index contributed by atoms with van der Waals surface area (Å²) in [7, 11) is 1.25. The minimum atomic E-state index is -0.529. The number of carbonyl (C=O) groups excluding carboxylic acids is 2. The molecular weight excluding hydrogens is 211 g/mol. The highest BCUT2D eigenvalue weighted by Crippen LogP contribution is 2.13. The van der Waals surface area contributed by atoms with Crippen LogP contribution in [0.3, 0.4) is 0 Å². The van der Waals surface area contributed by atoms with Crippen molar-refractivity contribution in [2.75, 3.05) is 7.11 Å². The minimum Gasteiger partial charge on any atom is -0.466 e. The number of benzene rings is 1. The van der Waals surface area contributed by atoms with E-state index >= 15 is 0 Å². The third-order valence-corrected chi connectivity index (χ3v) is 1.99. The molecule has 0 bridgehead atoms. The SMILES string of the molecule is COC(=O)C=Cc1ccc(F)cc1C(C)=O. The maximum atomic E-state index is 12.9. The van der Waals surface area contributed by atoms with Crippen LogP contribution in [0.5, 0.6) is 0 Å². The number of halogens is 1. The van der Waals surface area contributed by atoms with Crippen LogP contribution in [0.25, 0.3) is 6.08 Å². The van der Waals surface area contributed by atoms with Crippen molar-refractivity contribution >= 4 is 17.8 Å². The lowest BCUT2D eigenvalue weighted by Gasteiger charge is -2.01. The molecule has 0 unspecified atom stereocenters. The summed E-state index contributed by atoms with van der Waals surface area (Å²) in [4.78, 5) is 22.1. The zero-order valence-corrected chi connectivity index (χ0v) is 8.99. The summed E-state index contributed by atoms with van der Waals surface area (Å²) in [5, 5.41) is 0. The molecule has 1 aromatic rings. The van der Waals surface area contributed by atoms with Crippen molar-refractivity contribution in [3.05, 3.63) is 41.2 Å². The van der Waals surface area contributed by atoms with Crippen molar-refractivity contribution < 1.29 is 18.7 Å². The average molecular weight is 222 g/mol. The van der Waals surface area contributed by atoms with Crippen molar-refractivity contribution in [2.45, 2.75) is 6.92 Å². The molecule has 0 aliphatic rings. The first-order valence-corrected chi connectivity index (χ1v) is 4.61. The quantitative estimate of drug-likeness (QED) is 0.447. The number of ketones is 1. The number of methoxy groups -OCH3 is 1.